The summed E-state index contributed by atoms with van der Waals surface area (Å²) in [7, 11) is 1.79. The number of nitrogens with zero attached hydrogens (tertiary/aromatic N) is 1. The molecular weight excluding hydrogens is 424 g/mol. The molecule has 1 heterocycles. The molecule has 4 rings (SSSR count). The molecule has 34 heavy (non-hydrogen) atoms. The zero-order valence-corrected chi connectivity index (χ0v) is 19.9. The third-order valence-corrected chi connectivity index (χ3v) is 6.31. The number of nitrogens with one attached hydrogen (secondary N) is 2. The zero-order valence-electron chi connectivity index (χ0n) is 19.9. The van der Waals surface area contributed by atoms with Gasteiger partial charge in [-0.2, -0.15) is 0 Å². The van der Waals surface area contributed by atoms with E-state index in [1.807, 2.05) is 36.4 Å². The summed E-state index contributed by atoms with van der Waals surface area (Å²) in [4.78, 5) is 4.40. The van der Waals surface area contributed by atoms with Crippen molar-refractivity contribution in [1.82, 2.24) is 10.3 Å². The molecule has 1 aliphatic rings. The largest absolute Gasteiger partial charge is 0.490 e. The van der Waals surface area contributed by atoms with Gasteiger partial charge in [0.1, 0.15) is 23.4 Å². The first-order valence-corrected chi connectivity index (χ1v) is 11.5. The van der Waals surface area contributed by atoms with Crippen LogP contribution in [-0.4, -0.2) is 30.4 Å². The molecule has 0 radical (unpaired) electrons. The molecule has 3 aromatic rings. The van der Waals surface area contributed by atoms with Crippen LogP contribution in [-0.2, 0) is 5.41 Å². The van der Waals surface area contributed by atoms with Crippen LogP contribution in [0, 0.1) is 5.41 Å². The monoisotopic (exact) mass is 456 g/mol. The van der Waals surface area contributed by atoms with E-state index < -0.39 is 0 Å². The van der Waals surface area contributed by atoms with Gasteiger partial charge >= 0.3 is 0 Å². The van der Waals surface area contributed by atoms with Crippen molar-refractivity contribution in [2.24, 2.45) is 5.73 Å². The van der Waals surface area contributed by atoms with E-state index in [2.05, 4.69) is 48.4 Å². The highest BCUT2D eigenvalue weighted by molar-refractivity contribution is 6.07. The van der Waals surface area contributed by atoms with Gasteiger partial charge in [-0.15, -0.1) is 0 Å². The minimum Gasteiger partial charge on any atom is -0.490 e. The summed E-state index contributed by atoms with van der Waals surface area (Å²) >= 11 is 0. The van der Waals surface area contributed by atoms with Crippen molar-refractivity contribution in [2.45, 2.75) is 44.2 Å². The van der Waals surface area contributed by atoms with Gasteiger partial charge in [-0.3, -0.25) is 4.98 Å². The van der Waals surface area contributed by atoms with E-state index in [-0.39, 0.29) is 17.6 Å². The number of benzene rings is 2. The number of aromatic nitrogens is 1. The lowest BCUT2D eigenvalue weighted by atomic mass is 9.78. The Morgan fingerprint density at radius 2 is 1.56 bits per heavy atom. The Balaban J connectivity index is 1.41. The number of nitrogens with two attached hydrogens (primary N) is 1. The average molecular weight is 457 g/mol. The quantitative estimate of drug-likeness (QED) is 0.381. The predicted molar refractivity (Wildman–Crippen MR) is 137 cm³/mol. The van der Waals surface area contributed by atoms with Gasteiger partial charge in [0.15, 0.2) is 0 Å². The standard InChI is InChI=1S/C28H32N4O2/c1-28(2,21-6-10-24(11-7-21)34-26-14-22(30)15-26)20-4-8-23(9-5-20)33-25-12-13-27(32-18-25)19(16-29)17-31-3/h4-13,16-18,22,26,29,31H,14-15,30H2,1-3H3/b19-17+,29-16?/t22-,26-. The molecule has 2 aromatic carbocycles. The summed E-state index contributed by atoms with van der Waals surface area (Å²) in [5.74, 6) is 2.29. The normalized spacial score (nSPS) is 18.1. The van der Waals surface area contributed by atoms with Gasteiger partial charge in [0.05, 0.1) is 11.9 Å². The molecule has 176 valence electrons. The second-order valence-electron chi connectivity index (χ2n) is 9.16. The highest BCUT2D eigenvalue weighted by Gasteiger charge is 2.28. The first-order valence-electron chi connectivity index (χ1n) is 11.5. The number of rotatable bonds is 9. The molecule has 1 saturated carbocycles. The van der Waals surface area contributed by atoms with Crippen molar-refractivity contribution in [3.8, 4) is 17.2 Å². The van der Waals surface area contributed by atoms with Crippen LogP contribution in [0.15, 0.2) is 73.1 Å². The summed E-state index contributed by atoms with van der Waals surface area (Å²) in [5.41, 5.74) is 9.51. The van der Waals surface area contributed by atoms with Gasteiger partial charge in [0.25, 0.3) is 0 Å². The smallest absolute Gasteiger partial charge is 0.145 e. The minimum atomic E-state index is -0.165. The van der Waals surface area contributed by atoms with Crippen LogP contribution in [0.25, 0.3) is 5.57 Å². The molecule has 0 spiro atoms. The molecule has 0 bridgehead atoms. The molecule has 6 heteroatoms. The topological polar surface area (TPSA) is 93.2 Å². The third-order valence-electron chi connectivity index (χ3n) is 6.31. The highest BCUT2D eigenvalue weighted by atomic mass is 16.5. The van der Waals surface area contributed by atoms with Crippen LogP contribution < -0.4 is 20.5 Å². The Bertz CT molecular complexity index is 1130. The number of hydrogen-bond donors (Lipinski definition) is 3. The van der Waals surface area contributed by atoms with Crippen LogP contribution in [0.1, 0.15) is 43.5 Å². The fourth-order valence-corrected chi connectivity index (χ4v) is 4.04. The maximum atomic E-state index is 7.51. The van der Waals surface area contributed by atoms with Gasteiger partial charge in [-0.05, 0) is 60.4 Å². The Morgan fingerprint density at radius 3 is 2.06 bits per heavy atom. The molecule has 0 unspecified atom stereocenters. The van der Waals surface area contributed by atoms with Crippen LogP contribution in [0.4, 0.5) is 0 Å². The van der Waals surface area contributed by atoms with Crippen molar-refractivity contribution in [3.05, 3.63) is 89.9 Å². The molecule has 0 aliphatic heterocycles. The highest BCUT2D eigenvalue weighted by Crippen LogP contribution is 2.34. The number of hydrogen-bond acceptors (Lipinski definition) is 6. The van der Waals surface area contributed by atoms with Gasteiger partial charge in [0, 0.05) is 36.5 Å². The predicted octanol–water partition coefficient (Wildman–Crippen LogP) is 5.28. The summed E-state index contributed by atoms with van der Waals surface area (Å²) in [6.07, 6.45) is 6.78. The van der Waals surface area contributed by atoms with Crippen LogP contribution in [0.5, 0.6) is 17.2 Å². The Labute approximate surface area is 201 Å². The Kier molecular flexibility index (Phi) is 6.98. The summed E-state index contributed by atoms with van der Waals surface area (Å²) in [6.45, 7) is 4.43. The fourth-order valence-electron chi connectivity index (χ4n) is 4.04. The lowest BCUT2D eigenvalue weighted by Crippen LogP contribution is -2.43. The molecular formula is C28H32N4O2. The van der Waals surface area contributed by atoms with E-state index in [1.54, 1.807) is 19.4 Å². The lowest BCUT2D eigenvalue weighted by molar-refractivity contribution is 0.101. The fraction of sp³-hybridized carbons (Fsp3) is 0.286. The van der Waals surface area contributed by atoms with Crippen molar-refractivity contribution in [2.75, 3.05) is 7.05 Å². The van der Waals surface area contributed by atoms with Gasteiger partial charge in [0.2, 0.25) is 0 Å². The minimum absolute atomic E-state index is 0.165. The molecule has 4 N–H and O–H groups in total. The number of allylic oxidation sites excluding steroid dienone is 1. The summed E-state index contributed by atoms with van der Waals surface area (Å²) < 4.78 is 12.0. The van der Waals surface area contributed by atoms with E-state index in [4.69, 9.17) is 20.6 Å². The zero-order chi connectivity index (χ0) is 24.1. The molecule has 1 aliphatic carbocycles. The van der Waals surface area contributed by atoms with Gasteiger partial charge in [-0.1, -0.05) is 38.1 Å². The first kappa shape index (κ1) is 23.5. The Hall–Kier alpha value is -3.64. The van der Waals surface area contributed by atoms with E-state index in [0.717, 1.165) is 24.3 Å². The SMILES string of the molecule is CN/C=C(\C=N)c1ccc(Oc2ccc(C(C)(C)c3ccc(O[C@H]4C[C@H](N)C4)cc3)cc2)cn1. The van der Waals surface area contributed by atoms with Crippen LogP contribution >= 0.6 is 0 Å². The van der Waals surface area contributed by atoms with Crippen LogP contribution in [0.2, 0.25) is 0 Å². The van der Waals surface area contributed by atoms with Gasteiger partial charge in [-0.25, -0.2) is 0 Å². The maximum Gasteiger partial charge on any atom is 0.145 e. The van der Waals surface area contributed by atoms with Crippen molar-refractivity contribution in [3.63, 3.8) is 0 Å². The maximum absolute atomic E-state index is 7.51. The number of ether oxygens (including phenoxy) is 2. The molecule has 0 atom stereocenters. The first-order chi connectivity index (χ1) is 16.4. The lowest BCUT2D eigenvalue weighted by Gasteiger charge is -2.33. The number of pyridine rings is 1. The van der Waals surface area contributed by atoms with E-state index in [1.165, 1.54) is 17.3 Å². The van der Waals surface area contributed by atoms with E-state index >= 15 is 0 Å². The second kappa shape index (κ2) is 10.1. The Morgan fingerprint density at radius 1 is 0.971 bits per heavy atom. The van der Waals surface area contributed by atoms with E-state index in [9.17, 15) is 0 Å². The molecule has 0 saturated heterocycles. The average Bonchev–Trinajstić information content (AvgIpc) is 2.83. The van der Waals surface area contributed by atoms with Crippen molar-refractivity contribution >= 4 is 11.8 Å². The van der Waals surface area contributed by atoms with Gasteiger partial charge < -0.3 is 25.9 Å². The molecule has 6 nitrogen and oxygen atoms in total. The third kappa shape index (κ3) is 5.29. The summed E-state index contributed by atoms with van der Waals surface area (Å²) in [5, 5.41) is 10.4. The molecule has 1 aromatic heterocycles. The van der Waals surface area contributed by atoms with Crippen molar-refractivity contribution < 1.29 is 9.47 Å². The second-order valence-corrected chi connectivity index (χ2v) is 9.16. The van der Waals surface area contributed by atoms with Crippen molar-refractivity contribution in [1.29, 1.82) is 5.41 Å². The summed E-state index contributed by atoms with van der Waals surface area (Å²) in [6, 6.07) is 20.5. The van der Waals surface area contributed by atoms with E-state index in [0.29, 0.717) is 17.0 Å². The van der Waals surface area contributed by atoms with Crippen LogP contribution in [0.3, 0.4) is 0 Å². The molecule has 0 amide bonds. The molecule has 1 fully saturated rings.